The maximum Gasteiger partial charge on any atom is 0.319 e. The maximum atomic E-state index is 9.38. The molecule has 0 fully saturated rings. The lowest BCUT2D eigenvalue weighted by molar-refractivity contribution is -0.221. The molecule has 96 valence electrons. The van der Waals surface area contributed by atoms with Gasteiger partial charge in [-0.25, -0.2) is 0 Å². The minimum absolute atomic E-state index is 0.0460. The summed E-state index contributed by atoms with van der Waals surface area (Å²) >= 11 is 0. The minimum atomic E-state index is -3.02. The molecule has 0 saturated heterocycles. The van der Waals surface area contributed by atoms with E-state index < -0.39 is 23.6 Å². The summed E-state index contributed by atoms with van der Waals surface area (Å²) < 4.78 is 0. The van der Waals surface area contributed by atoms with E-state index in [4.69, 9.17) is 15.3 Å². The van der Waals surface area contributed by atoms with Gasteiger partial charge in [-0.3, -0.25) is 0 Å². The summed E-state index contributed by atoms with van der Waals surface area (Å²) in [5.74, 6) is -6.08. The fraction of sp³-hybridized carbons (Fsp3) is 0.800. The molecule has 0 aliphatic rings. The quantitative estimate of drug-likeness (QED) is 0.221. The second kappa shape index (κ2) is 6.57. The number of hydrogen-bond acceptors (Lipinski definition) is 6. The lowest BCUT2D eigenvalue weighted by Gasteiger charge is -2.25. The number of hydrogen-bond donors (Lipinski definition) is 6. The molecule has 1 atom stereocenters. The Hall–Kier alpha value is -0.980. The van der Waals surface area contributed by atoms with Crippen LogP contribution in [0.25, 0.3) is 0 Å². The summed E-state index contributed by atoms with van der Waals surface area (Å²) in [6, 6.07) is 0. The smallest absolute Gasteiger partial charge is 0.319 e. The van der Waals surface area contributed by atoms with E-state index in [1.807, 2.05) is 6.92 Å². The number of aliphatic hydroxyl groups is 6. The second-order valence-corrected chi connectivity index (χ2v) is 3.76. The van der Waals surface area contributed by atoms with Crippen molar-refractivity contribution in [2.24, 2.45) is 0 Å². The first kappa shape index (κ1) is 15.0. The molecule has 1 unspecified atom stereocenters. The minimum Gasteiger partial charge on any atom is -0.502 e. The van der Waals surface area contributed by atoms with Crippen molar-refractivity contribution in [2.75, 3.05) is 0 Å². The molecular weight excluding hydrogens is 216 g/mol. The summed E-state index contributed by atoms with van der Waals surface area (Å²) in [6.07, 6.45) is 1.71. The van der Waals surface area contributed by atoms with Crippen LogP contribution in [0.2, 0.25) is 0 Å². The van der Waals surface area contributed by atoms with Crippen LogP contribution < -0.4 is 0 Å². The van der Waals surface area contributed by atoms with Gasteiger partial charge in [0.05, 0.1) is 0 Å². The van der Waals surface area contributed by atoms with Crippen molar-refractivity contribution in [3.63, 3.8) is 0 Å². The lowest BCUT2D eigenvalue weighted by Crippen LogP contribution is -2.44. The Bertz CT molecular complexity index is 231. The summed E-state index contributed by atoms with van der Waals surface area (Å²) in [5, 5.41) is 53.8. The zero-order valence-electron chi connectivity index (χ0n) is 9.30. The molecule has 6 N–H and O–H groups in total. The van der Waals surface area contributed by atoms with Gasteiger partial charge in [0, 0.05) is 0 Å². The summed E-state index contributed by atoms with van der Waals surface area (Å²) in [6.45, 7) is 2.01. The summed E-state index contributed by atoms with van der Waals surface area (Å²) in [7, 11) is 0. The van der Waals surface area contributed by atoms with Crippen molar-refractivity contribution in [3.8, 4) is 0 Å². The van der Waals surface area contributed by atoms with E-state index >= 15 is 0 Å². The van der Waals surface area contributed by atoms with Crippen LogP contribution in [-0.2, 0) is 0 Å². The highest BCUT2D eigenvalue weighted by Gasteiger charge is 2.40. The number of unbranched alkanes of at least 4 members (excludes halogenated alkanes) is 3. The Morgan fingerprint density at radius 2 is 1.62 bits per heavy atom. The van der Waals surface area contributed by atoms with Gasteiger partial charge in [-0.15, -0.1) is 0 Å². The van der Waals surface area contributed by atoms with E-state index in [0.717, 1.165) is 19.3 Å². The first-order chi connectivity index (χ1) is 7.34. The fourth-order valence-corrected chi connectivity index (χ4v) is 1.29. The third-order valence-corrected chi connectivity index (χ3v) is 2.36. The van der Waals surface area contributed by atoms with Gasteiger partial charge in [-0.2, -0.15) is 0 Å². The van der Waals surface area contributed by atoms with Crippen LogP contribution in [0.4, 0.5) is 0 Å². The van der Waals surface area contributed by atoms with Crippen molar-refractivity contribution in [2.45, 2.75) is 50.9 Å². The van der Waals surface area contributed by atoms with E-state index in [1.54, 1.807) is 0 Å². The molecule has 0 heterocycles. The topological polar surface area (TPSA) is 121 Å². The van der Waals surface area contributed by atoms with Crippen LogP contribution in [-0.4, -0.2) is 42.5 Å². The number of aliphatic hydroxyl groups excluding tert-OH is 3. The second-order valence-electron chi connectivity index (χ2n) is 3.76. The average molecular weight is 236 g/mol. The van der Waals surface area contributed by atoms with E-state index in [0.29, 0.717) is 6.42 Å². The van der Waals surface area contributed by atoms with E-state index in [1.165, 1.54) is 0 Å². The van der Waals surface area contributed by atoms with Crippen molar-refractivity contribution < 1.29 is 30.6 Å². The molecule has 0 aromatic rings. The van der Waals surface area contributed by atoms with Gasteiger partial charge in [0.25, 0.3) is 5.79 Å². The zero-order chi connectivity index (χ0) is 12.8. The third kappa shape index (κ3) is 4.26. The normalized spacial score (nSPS) is 13.5. The SMILES string of the molecule is CCCCCCC(O)C(O)(O)C(O)=C(O)O. The Labute approximate surface area is 94.1 Å². The summed E-state index contributed by atoms with van der Waals surface area (Å²) in [4.78, 5) is 0. The predicted octanol–water partition coefficient (Wildman–Crippen LogP) is 0.842. The molecule has 16 heavy (non-hydrogen) atoms. The van der Waals surface area contributed by atoms with Crippen LogP contribution in [0.1, 0.15) is 39.0 Å². The predicted molar refractivity (Wildman–Crippen MR) is 56.8 cm³/mol. The molecule has 0 amide bonds. The van der Waals surface area contributed by atoms with Crippen LogP contribution >= 0.6 is 0 Å². The van der Waals surface area contributed by atoms with E-state index in [-0.39, 0.29) is 6.42 Å². The Morgan fingerprint density at radius 1 is 1.06 bits per heavy atom. The van der Waals surface area contributed by atoms with Gasteiger partial charge in [0.2, 0.25) is 5.76 Å². The molecular formula is C10H20O6. The molecule has 0 aliphatic heterocycles. The molecule has 6 heteroatoms. The maximum absolute atomic E-state index is 9.38. The molecule has 0 saturated carbocycles. The Morgan fingerprint density at radius 3 is 2.06 bits per heavy atom. The van der Waals surface area contributed by atoms with Gasteiger partial charge in [-0.1, -0.05) is 32.6 Å². The first-order valence-electron chi connectivity index (χ1n) is 5.28. The first-order valence-corrected chi connectivity index (χ1v) is 5.28. The average Bonchev–Trinajstić information content (AvgIpc) is 2.22. The molecule has 0 aromatic heterocycles. The Balaban J connectivity index is 4.25. The van der Waals surface area contributed by atoms with Gasteiger partial charge in [0.15, 0.2) is 0 Å². The zero-order valence-corrected chi connectivity index (χ0v) is 9.30. The fourth-order valence-electron chi connectivity index (χ4n) is 1.29. The molecule has 0 aromatic carbocycles. The molecule has 0 bridgehead atoms. The Kier molecular flexibility index (Phi) is 6.17. The van der Waals surface area contributed by atoms with Gasteiger partial charge < -0.3 is 30.6 Å². The van der Waals surface area contributed by atoms with Crippen LogP contribution in [0.5, 0.6) is 0 Å². The van der Waals surface area contributed by atoms with Crippen LogP contribution in [0, 0.1) is 0 Å². The van der Waals surface area contributed by atoms with Crippen molar-refractivity contribution in [3.05, 3.63) is 11.7 Å². The molecule has 0 radical (unpaired) electrons. The lowest BCUT2D eigenvalue weighted by atomic mass is 10.0. The number of rotatable bonds is 7. The molecule has 0 aliphatic carbocycles. The van der Waals surface area contributed by atoms with Gasteiger partial charge in [-0.05, 0) is 6.42 Å². The van der Waals surface area contributed by atoms with Crippen LogP contribution in [0.15, 0.2) is 11.7 Å². The van der Waals surface area contributed by atoms with Crippen LogP contribution in [0.3, 0.4) is 0 Å². The molecule has 6 nitrogen and oxygen atoms in total. The molecule has 0 spiro atoms. The van der Waals surface area contributed by atoms with Gasteiger partial charge in [0.1, 0.15) is 6.10 Å². The monoisotopic (exact) mass is 236 g/mol. The van der Waals surface area contributed by atoms with E-state index in [9.17, 15) is 15.3 Å². The highest BCUT2D eigenvalue weighted by molar-refractivity contribution is 5.05. The standard InChI is InChI=1S/C10H20O6/c1-2-3-4-5-6-7(11)10(15,16)8(12)9(13)14/h7,11-16H,2-6H2,1H3. The van der Waals surface area contributed by atoms with Crippen molar-refractivity contribution >= 4 is 0 Å². The highest BCUT2D eigenvalue weighted by atomic mass is 16.6. The van der Waals surface area contributed by atoms with Crippen molar-refractivity contribution in [1.29, 1.82) is 0 Å². The van der Waals surface area contributed by atoms with Crippen molar-refractivity contribution in [1.82, 2.24) is 0 Å². The highest BCUT2D eigenvalue weighted by Crippen LogP contribution is 2.21. The third-order valence-electron chi connectivity index (χ3n) is 2.36. The van der Waals surface area contributed by atoms with Gasteiger partial charge >= 0.3 is 5.95 Å². The largest absolute Gasteiger partial charge is 0.502 e. The van der Waals surface area contributed by atoms with E-state index in [2.05, 4.69) is 0 Å². The summed E-state index contributed by atoms with van der Waals surface area (Å²) in [5.41, 5.74) is 0. The molecule has 0 rings (SSSR count).